The van der Waals surface area contributed by atoms with Crippen molar-refractivity contribution in [2.75, 3.05) is 18.5 Å². The summed E-state index contributed by atoms with van der Waals surface area (Å²) in [5, 5.41) is 5.88. The lowest BCUT2D eigenvalue weighted by atomic mass is 10.0. The molecule has 2 aliphatic rings. The molecule has 6 heteroatoms. The first-order chi connectivity index (χ1) is 12.1. The number of piperidine rings is 1. The summed E-state index contributed by atoms with van der Waals surface area (Å²) in [4.78, 5) is 26.4. The van der Waals surface area contributed by atoms with Gasteiger partial charge in [0, 0.05) is 31.4 Å². The van der Waals surface area contributed by atoms with E-state index >= 15 is 0 Å². The number of nitrogens with one attached hydrogen (secondary N) is 2. The Hall–Kier alpha value is -2.08. The standard InChI is InChI=1S/C19H27N3O3/c1-14-6-2-3-10-22(14)19(24)20-13-15-7-4-8-16(12-15)21-18(23)17-9-5-11-25-17/h4,7-8,12,14,17H,2-3,5-6,9-11,13H2,1H3,(H,20,24)(H,21,23)/t14-,17-/m1/s1. The van der Waals surface area contributed by atoms with Gasteiger partial charge in [-0.2, -0.15) is 0 Å². The van der Waals surface area contributed by atoms with Gasteiger partial charge in [-0.25, -0.2) is 4.79 Å². The van der Waals surface area contributed by atoms with Crippen LogP contribution in [0.3, 0.4) is 0 Å². The molecule has 3 amide bonds. The maximum Gasteiger partial charge on any atom is 0.317 e. The largest absolute Gasteiger partial charge is 0.368 e. The fourth-order valence-corrected chi connectivity index (χ4v) is 3.45. The summed E-state index contributed by atoms with van der Waals surface area (Å²) in [7, 11) is 0. The number of benzene rings is 1. The quantitative estimate of drug-likeness (QED) is 0.881. The number of amides is 3. The van der Waals surface area contributed by atoms with Gasteiger partial charge >= 0.3 is 6.03 Å². The molecule has 2 aliphatic heterocycles. The topological polar surface area (TPSA) is 70.7 Å². The van der Waals surface area contributed by atoms with Gasteiger partial charge < -0.3 is 20.3 Å². The Balaban J connectivity index is 1.52. The molecule has 1 aromatic rings. The Morgan fingerprint density at radius 2 is 2.12 bits per heavy atom. The fourth-order valence-electron chi connectivity index (χ4n) is 3.45. The van der Waals surface area contributed by atoms with Crippen LogP contribution in [0.2, 0.25) is 0 Å². The van der Waals surface area contributed by atoms with Crippen molar-refractivity contribution < 1.29 is 14.3 Å². The predicted molar refractivity (Wildman–Crippen MR) is 96.3 cm³/mol. The molecule has 2 saturated heterocycles. The van der Waals surface area contributed by atoms with E-state index in [2.05, 4.69) is 17.6 Å². The summed E-state index contributed by atoms with van der Waals surface area (Å²) < 4.78 is 5.40. The van der Waals surface area contributed by atoms with E-state index in [4.69, 9.17) is 4.74 Å². The highest BCUT2D eigenvalue weighted by atomic mass is 16.5. The van der Waals surface area contributed by atoms with E-state index in [0.29, 0.717) is 19.2 Å². The zero-order chi connectivity index (χ0) is 17.6. The van der Waals surface area contributed by atoms with Gasteiger partial charge in [0.1, 0.15) is 6.10 Å². The van der Waals surface area contributed by atoms with Crippen LogP contribution >= 0.6 is 0 Å². The molecule has 0 aromatic heterocycles. The molecular formula is C19H27N3O3. The third-order valence-electron chi connectivity index (χ3n) is 4.92. The molecule has 3 rings (SSSR count). The number of hydrogen-bond donors (Lipinski definition) is 2. The van der Waals surface area contributed by atoms with Crippen molar-refractivity contribution in [1.82, 2.24) is 10.2 Å². The Morgan fingerprint density at radius 3 is 2.88 bits per heavy atom. The second-order valence-corrected chi connectivity index (χ2v) is 6.89. The molecule has 136 valence electrons. The zero-order valence-electron chi connectivity index (χ0n) is 14.8. The lowest BCUT2D eigenvalue weighted by molar-refractivity contribution is -0.124. The van der Waals surface area contributed by atoms with E-state index in [0.717, 1.165) is 43.5 Å². The maximum absolute atomic E-state index is 12.3. The lowest BCUT2D eigenvalue weighted by Crippen LogP contribution is -2.47. The van der Waals surface area contributed by atoms with E-state index < -0.39 is 0 Å². The first-order valence-corrected chi connectivity index (χ1v) is 9.19. The minimum atomic E-state index is -0.344. The van der Waals surface area contributed by atoms with Gasteiger partial charge in [0.05, 0.1) is 0 Å². The van der Waals surface area contributed by atoms with Crippen molar-refractivity contribution in [3.05, 3.63) is 29.8 Å². The van der Waals surface area contributed by atoms with Crippen molar-refractivity contribution in [1.29, 1.82) is 0 Å². The number of urea groups is 1. The van der Waals surface area contributed by atoms with E-state index in [1.165, 1.54) is 6.42 Å². The molecule has 2 fully saturated rings. The van der Waals surface area contributed by atoms with Crippen LogP contribution in [0.4, 0.5) is 10.5 Å². The van der Waals surface area contributed by atoms with Crippen LogP contribution in [-0.2, 0) is 16.1 Å². The second-order valence-electron chi connectivity index (χ2n) is 6.89. The molecule has 6 nitrogen and oxygen atoms in total. The van der Waals surface area contributed by atoms with Crippen LogP contribution in [-0.4, -0.2) is 42.1 Å². The highest BCUT2D eigenvalue weighted by Crippen LogP contribution is 2.18. The highest BCUT2D eigenvalue weighted by molar-refractivity contribution is 5.94. The van der Waals surface area contributed by atoms with Crippen LogP contribution in [0.1, 0.15) is 44.6 Å². The number of likely N-dealkylation sites (tertiary alicyclic amines) is 1. The summed E-state index contributed by atoms with van der Waals surface area (Å²) in [6, 6.07) is 7.86. The van der Waals surface area contributed by atoms with Gasteiger partial charge in [0.2, 0.25) is 0 Å². The SMILES string of the molecule is C[C@@H]1CCCCN1C(=O)NCc1cccc(NC(=O)[C@H]2CCCO2)c1. The molecule has 0 aliphatic carbocycles. The van der Waals surface area contributed by atoms with Gasteiger partial charge in [0.25, 0.3) is 5.91 Å². The molecule has 25 heavy (non-hydrogen) atoms. The van der Waals surface area contributed by atoms with Gasteiger partial charge in [-0.1, -0.05) is 12.1 Å². The fraction of sp³-hybridized carbons (Fsp3) is 0.579. The van der Waals surface area contributed by atoms with E-state index in [1.807, 2.05) is 29.2 Å². The molecule has 0 bridgehead atoms. The van der Waals surface area contributed by atoms with Crippen LogP contribution in [0, 0.1) is 0 Å². The molecule has 2 atom stereocenters. The lowest BCUT2D eigenvalue weighted by Gasteiger charge is -2.33. The molecule has 2 heterocycles. The molecule has 0 radical (unpaired) electrons. The van der Waals surface area contributed by atoms with Crippen LogP contribution in [0.15, 0.2) is 24.3 Å². The zero-order valence-corrected chi connectivity index (χ0v) is 14.8. The number of carbonyl (C=O) groups excluding carboxylic acids is 2. The van der Waals surface area contributed by atoms with Gasteiger partial charge in [-0.3, -0.25) is 4.79 Å². The molecule has 1 aromatic carbocycles. The minimum Gasteiger partial charge on any atom is -0.368 e. The number of rotatable bonds is 4. The Kier molecular flexibility index (Phi) is 5.91. The highest BCUT2D eigenvalue weighted by Gasteiger charge is 2.24. The molecule has 2 N–H and O–H groups in total. The van der Waals surface area contributed by atoms with Crippen LogP contribution in [0.5, 0.6) is 0 Å². The molecule has 0 spiro atoms. The maximum atomic E-state index is 12.3. The monoisotopic (exact) mass is 345 g/mol. The number of nitrogens with zero attached hydrogens (tertiary/aromatic N) is 1. The number of anilines is 1. The molecule has 0 unspecified atom stereocenters. The van der Waals surface area contributed by atoms with Crippen LogP contribution < -0.4 is 10.6 Å². The average molecular weight is 345 g/mol. The smallest absolute Gasteiger partial charge is 0.317 e. The van der Waals surface area contributed by atoms with Crippen molar-refractivity contribution in [2.45, 2.75) is 57.7 Å². The summed E-state index contributed by atoms with van der Waals surface area (Å²) in [5.74, 6) is -0.0965. The first-order valence-electron chi connectivity index (χ1n) is 9.19. The van der Waals surface area contributed by atoms with Crippen molar-refractivity contribution in [3.63, 3.8) is 0 Å². The van der Waals surface area contributed by atoms with Crippen molar-refractivity contribution in [2.24, 2.45) is 0 Å². The first kappa shape index (κ1) is 17.7. The van der Waals surface area contributed by atoms with E-state index in [1.54, 1.807) is 0 Å². The predicted octanol–water partition coefficient (Wildman–Crippen LogP) is 2.89. The van der Waals surface area contributed by atoms with Crippen molar-refractivity contribution in [3.8, 4) is 0 Å². The Morgan fingerprint density at radius 1 is 1.24 bits per heavy atom. The molecular weight excluding hydrogens is 318 g/mol. The summed E-state index contributed by atoms with van der Waals surface area (Å²) in [6.07, 6.45) is 4.69. The van der Waals surface area contributed by atoms with E-state index in [9.17, 15) is 9.59 Å². The normalized spacial score (nSPS) is 23.3. The summed E-state index contributed by atoms with van der Waals surface area (Å²) in [6.45, 7) is 4.02. The van der Waals surface area contributed by atoms with Gasteiger partial charge in [0.15, 0.2) is 0 Å². The third-order valence-corrected chi connectivity index (χ3v) is 4.92. The van der Waals surface area contributed by atoms with Crippen LogP contribution in [0.25, 0.3) is 0 Å². The third kappa shape index (κ3) is 4.72. The minimum absolute atomic E-state index is 0.0130. The van der Waals surface area contributed by atoms with Gasteiger partial charge in [-0.05, 0) is 56.7 Å². The number of hydrogen-bond acceptors (Lipinski definition) is 3. The molecule has 0 saturated carbocycles. The average Bonchev–Trinajstić information content (AvgIpc) is 3.15. The second kappa shape index (κ2) is 8.34. The van der Waals surface area contributed by atoms with Gasteiger partial charge in [-0.15, -0.1) is 0 Å². The number of carbonyl (C=O) groups is 2. The Labute approximate surface area is 148 Å². The summed E-state index contributed by atoms with van der Waals surface area (Å²) >= 11 is 0. The summed E-state index contributed by atoms with van der Waals surface area (Å²) in [5.41, 5.74) is 1.70. The van der Waals surface area contributed by atoms with E-state index in [-0.39, 0.29) is 18.0 Å². The Bertz CT molecular complexity index is 614. The number of ether oxygens (including phenoxy) is 1. The van der Waals surface area contributed by atoms with Crippen molar-refractivity contribution >= 4 is 17.6 Å².